The Labute approximate surface area is 124 Å². The van der Waals surface area contributed by atoms with Crippen molar-refractivity contribution in [2.75, 3.05) is 32.1 Å². The number of anilines is 1. The zero-order valence-electron chi connectivity index (χ0n) is 12.2. The summed E-state index contributed by atoms with van der Waals surface area (Å²) in [4.78, 5) is 25.5. The van der Waals surface area contributed by atoms with Gasteiger partial charge in [-0.3, -0.25) is 9.69 Å². The molecule has 1 aromatic carbocycles. The fourth-order valence-corrected chi connectivity index (χ4v) is 2.36. The van der Waals surface area contributed by atoms with Crippen molar-refractivity contribution in [1.29, 1.82) is 0 Å². The first kappa shape index (κ1) is 15.5. The van der Waals surface area contributed by atoms with Gasteiger partial charge in [-0.2, -0.15) is 0 Å². The minimum absolute atomic E-state index is 0.0903. The first-order valence-electron chi connectivity index (χ1n) is 7.04. The average molecular weight is 291 g/mol. The normalized spacial score (nSPS) is 16.5. The number of carbonyl (C=O) groups is 2. The van der Waals surface area contributed by atoms with E-state index in [0.29, 0.717) is 17.8 Å². The quantitative estimate of drug-likeness (QED) is 0.803. The van der Waals surface area contributed by atoms with Crippen LogP contribution in [0.3, 0.4) is 0 Å². The van der Waals surface area contributed by atoms with Gasteiger partial charge in [0.1, 0.15) is 0 Å². The second-order valence-corrected chi connectivity index (χ2v) is 5.23. The number of benzene rings is 1. The third kappa shape index (κ3) is 4.54. The van der Waals surface area contributed by atoms with Crippen molar-refractivity contribution in [2.24, 2.45) is 5.73 Å². The van der Waals surface area contributed by atoms with E-state index in [1.807, 2.05) is 0 Å². The molecule has 1 saturated heterocycles. The van der Waals surface area contributed by atoms with E-state index in [0.717, 1.165) is 25.9 Å². The smallest absolute Gasteiger partial charge is 0.337 e. The first-order valence-corrected chi connectivity index (χ1v) is 7.04. The van der Waals surface area contributed by atoms with Crippen LogP contribution >= 0.6 is 0 Å². The molecule has 1 aliphatic rings. The Morgan fingerprint density at radius 3 is 2.76 bits per heavy atom. The monoisotopic (exact) mass is 291 g/mol. The van der Waals surface area contributed by atoms with Crippen LogP contribution in [-0.2, 0) is 9.53 Å². The van der Waals surface area contributed by atoms with Gasteiger partial charge in [0.15, 0.2) is 0 Å². The van der Waals surface area contributed by atoms with Gasteiger partial charge in [-0.05, 0) is 31.0 Å². The standard InChI is InChI=1S/C15H21N3O3/c1-21-15(20)11-3-2-4-13(9-11)17-14(19)10-18-7-5-12(16)6-8-18/h2-4,9,12H,5-8,10,16H2,1H3,(H,17,19). The van der Waals surface area contributed by atoms with E-state index in [2.05, 4.69) is 15.0 Å². The highest BCUT2D eigenvalue weighted by Crippen LogP contribution is 2.12. The highest BCUT2D eigenvalue weighted by Gasteiger charge is 2.18. The van der Waals surface area contributed by atoms with Crippen LogP contribution in [0.15, 0.2) is 24.3 Å². The van der Waals surface area contributed by atoms with Crippen molar-refractivity contribution in [2.45, 2.75) is 18.9 Å². The fourth-order valence-electron chi connectivity index (χ4n) is 2.36. The molecule has 1 aliphatic heterocycles. The summed E-state index contributed by atoms with van der Waals surface area (Å²) in [5, 5.41) is 2.80. The highest BCUT2D eigenvalue weighted by molar-refractivity contribution is 5.95. The van der Waals surface area contributed by atoms with E-state index in [4.69, 9.17) is 5.73 Å². The van der Waals surface area contributed by atoms with Crippen molar-refractivity contribution in [3.63, 3.8) is 0 Å². The second kappa shape index (κ2) is 7.19. The first-order chi connectivity index (χ1) is 10.1. The molecule has 114 valence electrons. The number of nitrogens with one attached hydrogen (secondary N) is 1. The largest absolute Gasteiger partial charge is 0.465 e. The number of nitrogens with two attached hydrogens (primary N) is 1. The second-order valence-electron chi connectivity index (χ2n) is 5.23. The Morgan fingerprint density at radius 1 is 1.38 bits per heavy atom. The Balaban J connectivity index is 1.89. The minimum Gasteiger partial charge on any atom is -0.465 e. The zero-order chi connectivity index (χ0) is 15.2. The molecular formula is C15H21N3O3. The van der Waals surface area contributed by atoms with Crippen molar-refractivity contribution < 1.29 is 14.3 Å². The number of piperidine rings is 1. The van der Waals surface area contributed by atoms with Crippen molar-refractivity contribution in [3.05, 3.63) is 29.8 Å². The van der Waals surface area contributed by atoms with Crippen molar-refractivity contribution in [1.82, 2.24) is 4.90 Å². The molecule has 0 aromatic heterocycles. The van der Waals surface area contributed by atoms with Crippen molar-refractivity contribution >= 4 is 17.6 Å². The van der Waals surface area contributed by atoms with Gasteiger partial charge in [0, 0.05) is 24.8 Å². The number of rotatable bonds is 4. The van der Waals surface area contributed by atoms with Crippen LogP contribution in [0.1, 0.15) is 23.2 Å². The number of methoxy groups -OCH3 is 1. The molecule has 1 aromatic rings. The van der Waals surface area contributed by atoms with E-state index in [-0.39, 0.29) is 11.9 Å². The molecule has 0 unspecified atom stereocenters. The van der Waals surface area contributed by atoms with Gasteiger partial charge in [-0.1, -0.05) is 6.07 Å². The zero-order valence-corrected chi connectivity index (χ0v) is 12.2. The molecule has 0 atom stereocenters. The maximum Gasteiger partial charge on any atom is 0.337 e. The lowest BCUT2D eigenvalue weighted by Gasteiger charge is -2.29. The Kier molecular flexibility index (Phi) is 5.30. The van der Waals surface area contributed by atoms with E-state index in [1.54, 1.807) is 24.3 Å². The molecule has 1 amide bonds. The summed E-state index contributed by atoms with van der Waals surface area (Å²) >= 11 is 0. The van der Waals surface area contributed by atoms with Gasteiger partial charge in [-0.25, -0.2) is 4.79 Å². The van der Waals surface area contributed by atoms with Crippen LogP contribution in [0.4, 0.5) is 5.69 Å². The number of carbonyl (C=O) groups excluding carboxylic acids is 2. The van der Waals surface area contributed by atoms with Gasteiger partial charge >= 0.3 is 5.97 Å². The molecule has 0 saturated carbocycles. The molecule has 0 aliphatic carbocycles. The van der Waals surface area contributed by atoms with Gasteiger partial charge in [-0.15, -0.1) is 0 Å². The van der Waals surface area contributed by atoms with E-state index >= 15 is 0 Å². The highest BCUT2D eigenvalue weighted by atomic mass is 16.5. The van der Waals surface area contributed by atoms with Crippen LogP contribution in [-0.4, -0.2) is 49.6 Å². The van der Waals surface area contributed by atoms with Crippen LogP contribution in [0.2, 0.25) is 0 Å². The molecule has 0 radical (unpaired) electrons. The summed E-state index contributed by atoms with van der Waals surface area (Å²) in [5.41, 5.74) is 6.85. The summed E-state index contributed by atoms with van der Waals surface area (Å²) in [5.74, 6) is -0.511. The molecule has 6 heteroatoms. The van der Waals surface area contributed by atoms with Gasteiger partial charge in [0.2, 0.25) is 5.91 Å². The van der Waals surface area contributed by atoms with Crippen LogP contribution in [0.5, 0.6) is 0 Å². The summed E-state index contributed by atoms with van der Waals surface area (Å²) in [6.07, 6.45) is 1.84. The number of nitrogens with zero attached hydrogens (tertiary/aromatic N) is 1. The van der Waals surface area contributed by atoms with Crippen LogP contribution < -0.4 is 11.1 Å². The molecule has 1 heterocycles. The van der Waals surface area contributed by atoms with E-state index < -0.39 is 5.97 Å². The van der Waals surface area contributed by atoms with Crippen molar-refractivity contribution in [3.8, 4) is 0 Å². The van der Waals surface area contributed by atoms with E-state index in [1.165, 1.54) is 7.11 Å². The number of hydrogen-bond acceptors (Lipinski definition) is 5. The number of likely N-dealkylation sites (tertiary alicyclic amines) is 1. The van der Waals surface area contributed by atoms with E-state index in [9.17, 15) is 9.59 Å². The number of hydrogen-bond donors (Lipinski definition) is 2. The topological polar surface area (TPSA) is 84.7 Å². The summed E-state index contributed by atoms with van der Waals surface area (Å²) in [6.45, 7) is 2.03. The maximum atomic E-state index is 12.0. The predicted octanol–water partition coefficient (Wildman–Crippen LogP) is 0.835. The molecule has 21 heavy (non-hydrogen) atoms. The summed E-state index contributed by atoms with van der Waals surface area (Å²) in [7, 11) is 1.33. The lowest BCUT2D eigenvalue weighted by atomic mass is 10.1. The molecule has 0 spiro atoms. The Hall–Kier alpha value is -1.92. The maximum absolute atomic E-state index is 12.0. The third-order valence-electron chi connectivity index (χ3n) is 3.57. The van der Waals surface area contributed by atoms with Crippen LogP contribution in [0, 0.1) is 0 Å². The Bertz CT molecular complexity index is 511. The van der Waals surface area contributed by atoms with Gasteiger partial charge < -0.3 is 15.8 Å². The third-order valence-corrected chi connectivity index (χ3v) is 3.57. The number of esters is 1. The fraction of sp³-hybridized carbons (Fsp3) is 0.467. The minimum atomic E-state index is -0.420. The molecular weight excluding hydrogens is 270 g/mol. The number of ether oxygens (including phenoxy) is 1. The number of amides is 1. The molecule has 1 fully saturated rings. The lowest BCUT2D eigenvalue weighted by molar-refractivity contribution is -0.117. The molecule has 2 rings (SSSR count). The summed E-state index contributed by atoms with van der Waals surface area (Å²) in [6, 6.07) is 6.96. The predicted molar refractivity (Wildman–Crippen MR) is 80.1 cm³/mol. The molecule has 3 N–H and O–H groups in total. The summed E-state index contributed by atoms with van der Waals surface area (Å²) < 4.78 is 4.66. The molecule has 6 nitrogen and oxygen atoms in total. The van der Waals surface area contributed by atoms with Gasteiger partial charge in [0.05, 0.1) is 19.2 Å². The molecule has 0 bridgehead atoms. The Morgan fingerprint density at radius 2 is 2.10 bits per heavy atom. The lowest BCUT2D eigenvalue weighted by Crippen LogP contribution is -2.43. The average Bonchev–Trinajstić information content (AvgIpc) is 2.49. The van der Waals surface area contributed by atoms with Gasteiger partial charge in [0.25, 0.3) is 0 Å². The van der Waals surface area contributed by atoms with Crippen LogP contribution in [0.25, 0.3) is 0 Å². The SMILES string of the molecule is COC(=O)c1cccc(NC(=O)CN2CCC(N)CC2)c1.